The Hall–Kier alpha value is -0.360. The van der Waals surface area contributed by atoms with E-state index < -0.39 is 0 Å². The van der Waals surface area contributed by atoms with Crippen molar-refractivity contribution in [3.8, 4) is 0 Å². The van der Waals surface area contributed by atoms with Crippen molar-refractivity contribution in [1.29, 1.82) is 0 Å². The lowest BCUT2D eigenvalue weighted by Crippen LogP contribution is -1.99. The van der Waals surface area contributed by atoms with Crippen molar-refractivity contribution < 1.29 is 0 Å². The molecule has 0 saturated heterocycles. The van der Waals surface area contributed by atoms with E-state index in [1.54, 1.807) is 0 Å². The molecular weight excluding hydrogens is 355 g/mol. The average Bonchev–Trinajstić information content (AvgIpc) is 2.47. The van der Waals surface area contributed by atoms with E-state index in [1.165, 1.54) is 5.56 Å². The SMILES string of the molecule is Brc1cn(Cc2ccccc2)nc1I. The quantitative estimate of drug-likeness (QED) is 0.749. The number of benzene rings is 1. The second-order valence-electron chi connectivity index (χ2n) is 2.95. The molecule has 0 fully saturated rings. The molecule has 4 heteroatoms. The molecule has 0 N–H and O–H groups in total. The minimum absolute atomic E-state index is 0.822. The van der Waals surface area contributed by atoms with Crippen molar-refractivity contribution >= 4 is 38.5 Å². The molecular formula is C10H8BrIN2. The van der Waals surface area contributed by atoms with Crippen LogP contribution in [-0.2, 0) is 6.54 Å². The van der Waals surface area contributed by atoms with Gasteiger partial charge in [-0.1, -0.05) is 30.3 Å². The van der Waals surface area contributed by atoms with Gasteiger partial charge in [-0.3, -0.25) is 4.68 Å². The molecule has 1 aromatic carbocycles. The first kappa shape index (κ1) is 10.2. The molecule has 0 aliphatic carbocycles. The summed E-state index contributed by atoms with van der Waals surface area (Å²) < 4.78 is 3.98. The number of hydrogen-bond acceptors (Lipinski definition) is 1. The summed E-state index contributed by atoms with van der Waals surface area (Å²) in [5.41, 5.74) is 1.26. The van der Waals surface area contributed by atoms with E-state index in [1.807, 2.05) is 29.1 Å². The van der Waals surface area contributed by atoms with Gasteiger partial charge < -0.3 is 0 Å². The van der Waals surface area contributed by atoms with Crippen molar-refractivity contribution in [1.82, 2.24) is 9.78 Å². The number of aromatic nitrogens is 2. The normalized spacial score (nSPS) is 10.4. The topological polar surface area (TPSA) is 17.8 Å². The predicted molar refractivity (Wildman–Crippen MR) is 68.2 cm³/mol. The lowest BCUT2D eigenvalue weighted by atomic mass is 10.2. The third kappa shape index (κ3) is 2.36. The molecule has 14 heavy (non-hydrogen) atoms. The molecule has 0 aliphatic rings. The van der Waals surface area contributed by atoms with Crippen LogP contribution < -0.4 is 0 Å². The highest BCUT2D eigenvalue weighted by atomic mass is 127. The standard InChI is InChI=1S/C10H8BrIN2/c11-9-7-14(13-10(9)12)6-8-4-2-1-3-5-8/h1-5,7H,6H2. The van der Waals surface area contributed by atoms with Crippen LogP contribution in [0.25, 0.3) is 0 Å². The maximum absolute atomic E-state index is 4.36. The highest BCUT2D eigenvalue weighted by Gasteiger charge is 2.02. The highest BCUT2D eigenvalue weighted by molar-refractivity contribution is 14.1. The van der Waals surface area contributed by atoms with Gasteiger partial charge in [-0.25, -0.2) is 0 Å². The first-order chi connectivity index (χ1) is 6.75. The van der Waals surface area contributed by atoms with Crippen LogP contribution in [0, 0.1) is 3.70 Å². The van der Waals surface area contributed by atoms with Gasteiger partial charge in [0.05, 0.1) is 11.0 Å². The summed E-state index contributed by atoms with van der Waals surface area (Å²) in [5, 5.41) is 4.36. The zero-order chi connectivity index (χ0) is 9.97. The summed E-state index contributed by atoms with van der Waals surface area (Å²) in [6, 6.07) is 10.3. The van der Waals surface area contributed by atoms with E-state index in [2.05, 4.69) is 55.8 Å². The maximum atomic E-state index is 4.36. The van der Waals surface area contributed by atoms with Crippen molar-refractivity contribution in [2.45, 2.75) is 6.54 Å². The Labute approximate surface area is 105 Å². The lowest BCUT2D eigenvalue weighted by Gasteiger charge is -2.00. The largest absolute Gasteiger partial charge is 0.266 e. The summed E-state index contributed by atoms with van der Waals surface area (Å²) in [6.07, 6.45) is 1.99. The van der Waals surface area contributed by atoms with Gasteiger partial charge >= 0.3 is 0 Å². The fourth-order valence-corrected chi connectivity index (χ4v) is 1.96. The summed E-state index contributed by atoms with van der Waals surface area (Å²) in [4.78, 5) is 0. The molecule has 2 nitrogen and oxygen atoms in total. The summed E-state index contributed by atoms with van der Waals surface area (Å²) in [6.45, 7) is 0.822. The molecule has 2 aromatic rings. The molecule has 1 aromatic heterocycles. The summed E-state index contributed by atoms with van der Waals surface area (Å²) >= 11 is 5.65. The minimum Gasteiger partial charge on any atom is -0.266 e. The van der Waals surface area contributed by atoms with E-state index in [-0.39, 0.29) is 0 Å². The van der Waals surface area contributed by atoms with Crippen LogP contribution in [0.3, 0.4) is 0 Å². The molecule has 0 atom stereocenters. The summed E-state index contributed by atoms with van der Waals surface area (Å²) in [5.74, 6) is 0. The zero-order valence-corrected chi connectivity index (χ0v) is 11.1. The van der Waals surface area contributed by atoms with Crippen LogP contribution >= 0.6 is 38.5 Å². The molecule has 0 spiro atoms. The van der Waals surface area contributed by atoms with E-state index in [4.69, 9.17) is 0 Å². The zero-order valence-electron chi connectivity index (χ0n) is 7.32. The minimum atomic E-state index is 0.822. The molecule has 72 valence electrons. The third-order valence-corrected chi connectivity index (χ3v) is 3.98. The first-order valence-corrected chi connectivity index (χ1v) is 6.05. The Morgan fingerprint density at radius 1 is 1.29 bits per heavy atom. The molecule has 0 amide bonds. The Balaban J connectivity index is 2.19. The fourth-order valence-electron chi connectivity index (χ4n) is 1.22. The number of rotatable bonds is 2. The van der Waals surface area contributed by atoms with Gasteiger partial charge in [-0.05, 0) is 44.1 Å². The van der Waals surface area contributed by atoms with E-state index in [9.17, 15) is 0 Å². The second kappa shape index (κ2) is 4.44. The van der Waals surface area contributed by atoms with Gasteiger partial charge in [0.15, 0.2) is 0 Å². The van der Waals surface area contributed by atoms with E-state index in [0.29, 0.717) is 0 Å². The van der Waals surface area contributed by atoms with Crippen LogP contribution in [-0.4, -0.2) is 9.78 Å². The molecule has 0 aliphatic heterocycles. The van der Waals surface area contributed by atoms with Crippen molar-refractivity contribution in [3.63, 3.8) is 0 Å². The second-order valence-corrected chi connectivity index (χ2v) is 4.83. The summed E-state index contributed by atoms with van der Waals surface area (Å²) in [7, 11) is 0. The van der Waals surface area contributed by atoms with Crippen molar-refractivity contribution in [2.75, 3.05) is 0 Å². The smallest absolute Gasteiger partial charge is 0.137 e. The van der Waals surface area contributed by atoms with Gasteiger partial charge in [0.1, 0.15) is 3.70 Å². The molecule has 0 unspecified atom stereocenters. The molecule has 2 rings (SSSR count). The maximum Gasteiger partial charge on any atom is 0.137 e. The average molecular weight is 363 g/mol. The van der Waals surface area contributed by atoms with E-state index >= 15 is 0 Å². The Morgan fingerprint density at radius 3 is 2.57 bits per heavy atom. The van der Waals surface area contributed by atoms with E-state index in [0.717, 1.165) is 14.7 Å². The third-order valence-electron chi connectivity index (χ3n) is 1.86. The number of nitrogens with zero attached hydrogens (tertiary/aromatic N) is 2. The number of halogens is 2. The lowest BCUT2D eigenvalue weighted by molar-refractivity contribution is 0.681. The van der Waals surface area contributed by atoms with Gasteiger partial charge in [-0.15, -0.1) is 0 Å². The van der Waals surface area contributed by atoms with Crippen molar-refractivity contribution in [2.24, 2.45) is 0 Å². The highest BCUT2D eigenvalue weighted by Crippen LogP contribution is 2.17. The van der Waals surface area contributed by atoms with Crippen LogP contribution in [0.2, 0.25) is 0 Å². The van der Waals surface area contributed by atoms with Crippen LogP contribution in [0.1, 0.15) is 5.56 Å². The molecule has 0 bridgehead atoms. The van der Waals surface area contributed by atoms with Crippen LogP contribution in [0.5, 0.6) is 0 Å². The molecule has 0 radical (unpaired) electrons. The Morgan fingerprint density at radius 2 is 2.00 bits per heavy atom. The van der Waals surface area contributed by atoms with Gasteiger partial charge in [0, 0.05) is 6.20 Å². The Bertz CT molecular complexity index is 405. The van der Waals surface area contributed by atoms with Crippen LogP contribution in [0.15, 0.2) is 41.0 Å². The predicted octanol–water partition coefficient (Wildman–Crippen LogP) is 3.30. The Kier molecular flexibility index (Phi) is 3.22. The first-order valence-electron chi connectivity index (χ1n) is 4.18. The van der Waals surface area contributed by atoms with Gasteiger partial charge in [0.25, 0.3) is 0 Å². The monoisotopic (exact) mass is 362 g/mol. The van der Waals surface area contributed by atoms with Gasteiger partial charge in [0.2, 0.25) is 0 Å². The van der Waals surface area contributed by atoms with Gasteiger partial charge in [-0.2, -0.15) is 5.10 Å². The number of hydrogen-bond donors (Lipinski definition) is 0. The van der Waals surface area contributed by atoms with Crippen LogP contribution in [0.4, 0.5) is 0 Å². The van der Waals surface area contributed by atoms with Crippen molar-refractivity contribution in [3.05, 3.63) is 50.3 Å². The molecule has 0 saturated carbocycles. The molecule has 1 heterocycles. The fraction of sp³-hybridized carbons (Fsp3) is 0.100.